The van der Waals surface area contributed by atoms with E-state index in [2.05, 4.69) is 15.0 Å². The number of aromatic nitrogens is 1. The Morgan fingerprint density at radius 1 is 1.46 bits per heavy atom. The number of rotatable bonds is 5. The molecule has 1 aromatic rings. The average Bonchev–Trinajstić information content (AvgIpc) is 2.46. The quantitative estimate of drug-likeness (QED) is 0.831. The number of carbonyl (C=O) groups is 1. The standard InChI is InChI=1S/C16H19F3N2O3/c1-5-23-14(22)15(16(18,19)24-9(2)3)7-6-11-8-12(17)10(4)20-13(11)21-15/h6-9H,5H2,1-4H3,(H,20,21). The third-order valence-corrected chi connectivity index (χ3v) is 3.45. The highest BCUT2D eigenvalue weighted by Crippen LogP contribution is 2.40. The Hall–Kier alpha value is -2.09. The van der Waals surface area contributed by atoms with Crippen LogP contribution >= 0.6 is 0 Å². The Labute approximate surface area is 137 Å². The lowest BCUT2D eigenvalue weighted by molar-refractivity contribution is -0.279. The molecule has 1 atom stereocenters. The fraction of sp³-hybridized carbons (Fsp3) is 0.500. The van der Waals surface area contributed by atoms with Crippen molar-refractivity contribution in [3.8, 4) is 0 Å². The predicted molar refractivity (Wildman–Crippen MR) is 82.1 cm³/mol. The predicted octanol–water partition coefficient (Wildman–Crippen LogP) is 3.29. The number of hydrogen-bond donors (Lipinski definition) is 1. The molecule has 0 fully saturated rings. The molecular formula is C16H19F3N2O3. The van der Waals surface area contributed by atoms with E-state index in [1.54, 1.807) is 0 Å². The van der Waals surface area contributed by atoms with Crippen molar-refractivity contribution in [3.05, 3.63) is 29.2 Å². The van der Waals surface area contributed by atoms with Crippen LogP contribution in [0.15, 0.2) is 12.1 Å². The van der Waals surface area contributed by atoms with E-state index >= 15 is 0 Å². The molecule has 0 bridgehead atoms. The largest absolute Gasteiger partial charge is 0.464 e. The van der Waals surface area contributed by atoms with Gasteiger partial charge in [0.05, 0.1) is 18.4 Å². The summed E-state index contributed by atoms with van der Waals surface area (Å²) in [5.41, 5.74) is -2.32. The van der Waals surface area contributed by atoms with Crippen LogP contribution in [0.25, 0.3) is 6.08 Å². The molecule has 2 heterocycles. The Balaban J connectivity index is 2.54. The number of pyridine rings is 1. The SMILES string of the molecule is CCOC(=O)C1(C(F)(F)OC(C)C)C=Cc2cc(F)c(C)nc2N1. The fourth-order valence-electron chi connectivity index (χ4n) is 2.31. The molecule has 1 aliphatic rings. The summed E-state index contributed by atoms with van der Waals surface area (Å²) in [6.07, 6.45) is -2.63. The topological polar surface area (TPSA) is 60.5 Å². The van der Waals surface area contributed by atoms with Gasteiger partial charge in [0.25, 0.3) is 0 Å². The highest BCUT2D eigenvalue weighted by atomic mass is 19.3. The van der Waals surface area contributed by atoms with Crippen LogP contribution in [0.2, 0.25) is 0 Å². The summed E-state index contributed by atoms with van der Waals surface area (Å²) in [4.78, 5) is 16.2. The molecule has 24 heavy (non-hydrogen) atoms. The minimum atomic E-state index is -3.91. The molecule has 0 saturated carbocycles. The van der Waals surface area contributed by atoms with Gasteiger partial charge in [0.15, 0.2) is 0 Å². The van der Waals surface area contributed by atoms with Gasteiger partial charge >= 0.3 is 12.1 Å². The van der Waals surface area contributed by atoms with Crippen LogP contribution in [0.4, 0.5) is 19.0 Å². The van der Waals surface area contributed by atoms with E-state index < -0.39 is 29.5 Å². The third kappa shape index (κ3) is 3.10. The molecule has 1 aliphatic heterocycles. The molecule has 0 amide bonds. The van der Waals surface area contributed by atoms with Crippen LogP contribution in [-0.2, 0) is 14.3 Å². The van der Waals surface area contributed by atoms with Gasteiger partial charge in [-0.1, -0.05) is 6.08 Å². The van der Waals surface area contributed by atoms with Gasteiger partial charge in [-0.05, 0) is 39.8 Å². The van der Waals surface area contributed by atoms with Crippen LogP contribution in [0.1, 0.15) is 32.0 Å². The molecule has 2 rings (SSSR count). The molecule has 8 heteroatoms. The molecule has 1 N–H and O–H groups in total. The maximum absolute atomic E-state index is 14.7. The molecule has 1 unspecified atom stereocenters. The highest BCUT2D eigenvalue weighted by Gasteiger charge is 2.62. The number of esters is 1. The summed E-state index contributed by atoms with van der Waals surface area (Å²) in [7, 11) is 0. The summed E-state index contributed by atoms with van der Waals surface area (Å²) in [5, 5.41) is 2.39. The second-order valence-corrected chi connectivity index (χ2v) is 5.66. The summed E-state index contributed by atoms with van der Waals surface area (Å²) < 4.78 is 52.5. The number of hydrogen-bond acceptors (Lipinski definition) is 5. The first-order chi connectivity index (χ1) is 11.1. The van der Waals surface area contributed by atoms with Gasteiger partial charge in [-0.3, -0.25) is 0 Å². The van der Waals surface area contributed by atoms with Crippen molar-refractivity contribution in [1.29, 1.82) is 0 Å². The van der Waals surface area contributed by atoms with Crippen LogP contribution in [0.3, 0.4) is 0 Å². The van der Waals surface area contributed by atoms with Crippen molar-refractivity contribution in [2.45, 2.75) is 45.4 Å². The van der Waals surface area contributed by atoms with Crippen LogP contribution in [-0.4, -0.2) is 35.3 Å². The number of carbonyl (C=O) groups excluding carboxylic acids is 1. The highest BCUT2D eigenvalue weighted by molar-refractivity contribution is 5.92. The molecule has 0 spiro atoms. The Morgan fingerprint density at radius 3 is 2.71 bits per heavy atom. The lowest BCUT2D eigenvalue weighted by atomic mass is 9.92. The molecule has 0 saturated heterocycles. The zero-order chi connectivity index (χ0) is 18.1. The van der Waals surface area contributed by atoms with Crippen molar-refractivity contribution in [2.24, 2.45) is 0 Å². The molecule has 0 aromatic carbocycles. The van der Waals surface area contributed by atoms with E-state index in [1.807, 2.05) is 0 Å². The first-order valence-corrected chi connectivity index (χ1v) is 7.50. The monoisotopic (exact) mass is 344 g/mol. The third-order valence-electron chi connectivity index (χ3n) is 3.45. The lowest BCUT2D eigenvalue weighted by Gasteiger charge is -2.39. The normalized spacial score (nSPS) is 19.8. The summed E-state index contributed by atoms with van der Waals surface area (Å²) >= 11 is 0. The lowest BCUT2D eigenvalue weighted by Crippen LogP contribution is -2.62. The first-order valence-electron chi connectivity index (χ1n) is 7.50. The first kappa shape index (κ1) is 18.3. The Kier molecular flexibility index (Phi) is 4.89. The van der Waals surface area contributed by atoms with E-state index in [4.69, 9.17) is 4.74 Å². The smallest absolute Gasteiger partial charge is 0.393 e. The van der Waals surface area contributed by atoms with Gasteiger partial charge in [0.1, 0.15) is 11.6 Å². The van der Waals surface area contributed by atoms with Gasteiger partial charge < -0.3 is 14.8 Å². The molecule has 5 nitrogen and oxygen atoms in total. The summed E-state index contributed by atoms with van der Waals surface area (Å²) in [6, 6.07) is 1.15. The Morgan fingerprint density at radius 2 is 2.12 bits per heavy atom. The number of anilines is 1. The van der Waals surface area contributed by atoms with Gasteiger partial charge in [-0.2, -0.15) is 8.78 Å². The van der Waals surface area contributed by atoms with Crippen molar-refractivity contribution in [3.63, 3.8) is 0 Å². The van der Waals surface area contributed by atoms with Gasteiger partial charge in [0, 0.05) is 5.56 Å². The molecule has 0 radical (unpaired) electrons. The number of nitrogens with zero attached hydrogens (tertiary/aromatic N) is 1. The minimum absolute atomic E-state index is 0.0161. The van der Waals surface area contributed by atoms with Crippen molar-refractivity contribution >= 4 is 17.9 Å². The molecule has 0 aliphatic carbocycles. The maximum Gasteiger partial charge on any atom is 0.393 e. The Bertz CT molecular complexity index is 677. The van der Waals surface area contributed by atoms with E-state index in [0.29, 0.717) is 0 Å². The number of aryl methyl sites for hydroxylation is 1. The van der Waals surface area contributed by atoms with Crippen LogP contribution < -0.4 is 5.32 Å². The van der Waals surface area contributed by atoms with Gasteiger partial charge in [-0.25, -0.2) is 14.2 Å². The number of fused-ring (bicyclic) bond motifs is 1. The molecule has 1 aromatic heterocycles. The fourth-order valence-corrected chi connectivity index (χ4v) is 2.31. The minimum Gasteiger partial charge on any atom is -0.464 e. The maximum atomic E-state index is 14.7. The zero-order valence-corrected chi connectivity index (χ0v) is 13.8. The van der Waals surface area contributed by atoms with Gasteiger partial charge in [0.2, 0.25) is 5.54 Å². The van der Waals surface area contributed by atoms with Gasteiger partial charge in [-0.15, -0.1) is 0 Å². The van der Waals surface area contributed by atoms with Crippen molar-refractivity contribution in [1.82, 2.24) is 4.98 Å². The number of halogens is 3. The van der Waals surface area contributed by atoms with E-state index in [9.17, 15) is 18.0 Å². The van der Waals surface area contributed by atoms with E-state index in [1.165, 1.54) is 33.8 Å². The summed E-state index contributed by atoms with van der Waals surface area (Å²) in [6.45, 7) is 5.66. The van der Waals surface area contributed by atoms with Crippen LogP contribution in [0, 0.1) is 12.7 Å². The summed E-state index contributed by atoms with van der Waals surface area (Å²) in [5.74, 6) is -1.83. The second-order valence-electron chi connectivity index (χ2n) is 5.66. The zero-order valence-electron chi connectivity index (χ0n) is 13.8. The van der Waals surface area contributed by atoms with Crippen LogP contribution in [0.5, 0.6) is 0 Å². The van der Waals surface area contributed by atoms with E-state index in [0.717, 1.165) is 12.1 Å². The second kappa shape index (κ2) is 6.43. The average molecular weight is 344 g/mol. The number of nitrogens with one attached hydrogen (secondary N) is 1. The van der Waals surface area contributed by atoms with E-state index in [-0.39, 0.29) is 23.7 Å². The molecular weight excluding hydrogens is 325 g/mol. The number of ether oxygens (including phenoxy) is 2. The van der Waals surface area contributed by atoms with Crippen molar-refractivity contribution < 1.29 is 27.4 Å². The number of alkyl halides is 2. The molecule has 132 valence electrons. The van der Waals surface area contributed by atoms with Crippen molar-refractivity contribution in [2.75, 3.05) is 11.9 Å².